The van der Waals surface area contributed by atoms with Gasteiger partial charge in [0.15, 0.2) is 11.1 Å². The maximum absolute atomic E-state index is 7.13. The first-order valence-corrected chi connectivity index (χ1v) is 5.92. The van der Waals surface area contributed by atoms with Gasteiger partial charge in [-0.15, -0.1) is 11.3 Å². The zero-order chi connectivity index (χ0) is 12.3. The summed E-state index contributed by atoms with van der Waals surface area (Å²) in [6.45, 7) is 0. The lowest BCUT2D eigenvalue weighted by molar-refractivity contribution is 1.35. The number of rotatable bonds is 3. The van der Waals surface area contributed by atoms with Gasteiger partial charge in [-0.1, -0.05) is 12.1 Å². The van der Waals surface area contributed by atoms with Crippen molar-refractivity contribution in [3.8, 4) is 11.3 Å². The maximum Gasteiger partial charge on any atom is 0.192 e. The van der Waals surface area contributed by atoms with Crippen LogP contribution in [0.2, 0.25) is 0 Å². The largest absolute Gasteiger partial charge is 0.388 e. The predicted octanol–water partition coefficient (Wildman–Crippen LogP) is 2.16. The molecule has 2 rings (SSSR count). The van der Waals surface area contributed by atoms with Gasteiger partial charge in [0.25, 0.3) is 0 Å². The zero-order valence-corrected chi connectivity index (χ0v) is 10.1. The zero-order valence-electron chi connectivity index (χ0n) is 9.32. The highest BCUT2D eigenvalue weighted by molar-refractivity contribution is 7.14. The molecule has 0 aliphatic heterocycles. The number of nitrogens with two attached hydrogens (primary N) is 1. The standard InChI is InChI=1S/C11H13N5S/c1-14-8-4-2-3-7(5-8)9-6-17-11(15-9)16-10(12)13/h2-6,14H,1H3,(H4,12,13,15,16). The van der Waals surface area contributed by atoms with Gasteiger partial charge in [-0.05, 0) is 12.1 Å². The van der Waals surface area contributed by atoms with Gasteiger partial charge >= 0.3 is 0 Å². The Morgan fingerprint density at radius 3 is 3.00 bits per heavy atom. The van der Waals surface area contributed by atoms with Gasteiger partial charge < -0.3 is 16.4 Å². The van der Waals surface area contributed by atoms with Crippen molar-refractivity contribution >= 4 is 28.1 Å². The Bertz CT molecular complexity index is 534. The van der Waals surface area contributed by atoms with E-state index in [0.29, 0.717) is 5.13 Å². The summed E-state index contributed by atoms with van der Waals surface area (Å²) < 4.78 is 0. The molecule has 0 saturated carbocycles. The van der Waals surface area contributed by atoms with Crippen molar-refractivity contribution < 1.29 is 0 Å². The molecule has 0 spiro atoms. The van der Waals surface area contributed by atoms with Gasteiger partial charge in [-0.25, -0.2) is 4.98 Å². The highest BCUT2D eigenvalue weighted by Gasteiger charge is 2.05. The number of nitrogens with zero attached hydrogens (tertiary/aromatic N) is 1. The van der Waals surface area contributed by atoms with Crippen LogP contribution in [0.4, 0.5) is 10.8 Å². The summed E-state index contributed by atoms with van der Waals surface area (Å²) in [6, 6.07) is 7.98. The smallest absolute Gasteiger partial charge is 0.192 e. The summed E-state index contributed by atoms with van der Waals surface area (Å²) in [5, 5.41) is 15.4. The van der Waals surface area contributed by atoms with E-state index in [1.165, 1.54) is 11.3 Å². The monoisotopic (exact) mass is 247 g/mol. The van der Waals surface area contributed by atoms with Crippen molar-refractivity contribution in [3.05, 3.63) is 29.6 Å². The predicted molar refractivity (Wildman–Crippen MR) is 72.6 cm³/mol. The van der Waals surface area contributed by atoms with Crippen LogP contribution in [0.15, 0.2) is 29.6 Å². The van der Waals surface area contributed by atoms with E-state index in [4.69, 9.17) is 11.1 Å². The molecule has 88 valence electrons. The average Bonchev–Trinajstić information content (AvgIpc) is 2.77. The van der Waals surface area contributed by atoms with Gasteiger partial charge in [0.2, 0.25) is 0 Å². The van der Waals surface area contributed by atoms with E-state index in [1.807, 2.05) is 36.7 Å². The fraction of sp³-hybridized carbons (Fsp3) is 0.0909. The van der Waals surface area contributed by atoms with Gasteiger partial charge in [-0.3, -0.25) is 5.41 Å². The van der Waals surface area contributed by atoms with Crippen molar-refractivity contribution in [1.82, 2.24) is 4.98 Å². The van der Waals surface area contributed by atoms with Crippen molar-refractivity contribution in [1.29, 1.82) is 5.41 Å². The molecule has 1 heterocycles. The molecule has 5 nitrogen and oxygen atoms in total. The van der Waals surface area contributed by atoms with Crippen LogP contribution >= 0.6 is 11.3 Å². The average molecular weight is 247 g/mol. The summed E-state index contributed by atoms with van der Waals surface area (Å²) in [5.41, 5.74) is 8.19. The summed E-state index contributed by atoms with van der Waals surface area (Å²) in [6.07, 6.45) is 0. The number of hydrogen-bond donors (Lipinski definition) is 4. The first kappa shape index (κ1) is 11.4. The molecule has 0 radical (unpaired) electrons. The second-order valence-corrected chi connectivity index (χ2v) is 4.27. The molecule has 0 aliphatic carbocycles. The number of aromatic nitrogens is 1. The highest BCUT2D eigenvalue weighted by atomic mass is 32.1. The molecule has 6 heteroatoms. The second kappa shape index (κ2) is 4.84. The Labute approximate surface area is 103 Å². The Balaban J connectivity index is 2.26. The van der Waals surface area contributed by atoms with E-state index in [9.17, 15) is 0 Å². The molecule has 0 amide bonds. The molecule has 0 fully saturated rings. The summed E-state index contributed by atoms with van der Waals surface area (Å²) in [5.74, 6) is -0.102. The molecular weight excluding hydrogens is 234 g/mol. The molecule has 0 unspecified atom stereocenters. The molecular formula is C11H13N5S. The summed E-state index contributed by atoms with van der Waals surface area (Å²) in [4.78, 5) is 4.35. The quantitative estimate of drug-likeness (QED) is 0.494. The Hall–Kier alpha value is -2.08. The molecule has 0 atom stereocenters. The SMILES string of the molecule is CNc1cccc(-c2csc(NC(=N)N)n2)c1. The van der Waals surface area contributed by atoms with Gasteiger partial charge in [0.05, 0.1) is 5.69 Å². The third-order valence-corrected chi connectivity index (χ3v) is 2.95. The fourth-order valence-electron chi connectivity index (χ4n) is 1.41. The lowest BCUT2D eigenvalue weighted by Crippen LogP contribution is -2.20. The van der Waals surface area contributed by atoms with Gasteiger partial charge in [0, 0.05) is 23.7 Å². The topological polar surface area (TPSA) is 86.8 Å². The van der Waals surface area contributed by atoms with Crippen LogP contribution in [0.3, 0.4) is 0 Å². The Kier molecular flexibility index (Phi) is 3.24. The van der Waals surface area contributed by atoms with Crippen LogP contribution in [-0.4, -0.2) is 18.0 Å². The molecule has 1 aromatic heterocycles. The van der Waals surface area contributed by atoms with Crippen LogP contribution in [0.25, 0.3) is 11.3 Å². The van der Waals surface area contributed by atoms with E-state index in [2.05, 4.69) is 15.6 Å². The van der Waals surface area contributed by atoms with Crippen molar-refractivity contribution in [2.45, 2.75) is 0 Å². The van der Waals surface area contributed by atoms with Crippen molar-refractivity contribution in [2.24, 2.45) is 5.73 Å². The highest BCUT2D eigenvalue weighted by Crippen LogP contribution is 2.26. The maximum atomic E-state index is 7.13. The lowest BCUT2D eigenvalue weighted by atomic mass is 10.1. The minimum absolute atomic E-state index is 0.102. The molecule has 0 saturated heterocycles. The Morgan fingerprint density at radius 2 is 2.29 bits per heavy atom. The van der Waals surface area contributed by atoms with Crippen LogP contribution in [0, 0.1) is 5.41 Å². The van der Waals surface area contributed by atoms with Crippen molar-refractivity contribution in [2.75, 3.05) is 17.7 Å². The van der Waals surface area contributed by atoms with E-state index < -0.39 is 0 Å². The molecule has 0 bridgehead atoms. The number of guanidine groups is 1. The minimum atomic E-state index is -0.102. The Morgan fingerprint density at radius 1 is 1.47 bits per heavy atom. The second-order valence-electron chi connectivity index (χ2n) is 3.41. The minimum Gasteiger partial charge on any atom is -0.388 e. The van der Waals surface area contributed by atoms with Gasteiger partial charge in [-0.2, -0.15) is 0 Å². The summed E-state index contributed by atoms with van der Waals surface area (Å²) >= 11 is 1.42. The molecule has 17 heavy (non-hydrogen) atoms. The first-order valence-electron chi connectivity index (χ1n) is 5.04. The van der Waals surface area contributed by atoms with E-state index in [0.717, 1.165) is 16.9 Å². The number of thiazole rings is 1. The third kappa shape index (κ3) is 2.73. The van der Waals surface area contributed by atoms with E-state index in [-0.39, 0.29) is 5.96 Å². The number of benzene rings is 1. The fourth-order valence-corrected chi connectivity index (χ4v) is 2.14. The van der Waals surface area contributed by atoms with Crippen LogP contribution in [-0.2, 0) is 0 Å². The molecule has 1 aromatic carbocycles. The van der Waals surface area contributed by atoms with Crippen molar-refractivity contribution in [3.63, 3.8) is 0 Å². The van der Waals surface area contributed by atoms with E-state index >= 15 is 0 Å². The molecule has 2 aromatic rings. The van der Waals surface area contributed by atoms with Crippen LogP contribution in [0.1, 0.15) is 0 Å². The molecule has 0 aliphatic rings. The number of nitrogens with one attached hydrogen (secondary N) is 3. The van der Waals surface area contributed by atoms with Crippen LogP contribution in [0.5, 0.6) is 0 Å². The molecule has 5 N–H and O–H groups in total. The lowest BCUT2D eigenvalue weighted by Gasteiger charge is -2.02. The first-order chi connectivity index (χ1) is 8.19. The number of anilines is 2. The van der Waals surface area contributed by atoms with Gasteiger partial charge in [0.1, 0.15) is 0 Å². The number of hydrogen-bond acceptors (Lipinski definition) is 4. The van der Waals surface area contributed by atoms with E-state index in [1.54, 1.807) is 0 Å². The van der Waals surface area contributed by atoms with Crippen LogP contribution < -0.4 is 16.4 Å². The normalized spacial score (nSPS) is 9.94. The summed E-state index contributed by atoms with van der Waals surface area (Å²) in [7, 11) is 1.88. The third-order valence-electron chi connectivity index (χ3n) is 2.19.